The molecule has 110 valence electrons. The molecule has 0 saturated carbocycles. The van der Waals surface area contributed by atoms with Gasteiger partial charge in [0, 0.05) is 23.2 Å². The normalized spacial score (nSPS) is 10.3. The summed E-state index contributed by atoms with van der Waals surface area (Å²) < 4.78 is 0. The van der Waals surface area contributed by atoms with Gasteiger partial charge < -0.3 is 10.3 Å². The van der Waals surface area contributed by atoms with Crippen molar-refractivity contribution < 1.29 is 9.59 Å². The van der Waals surface area contributed by atoms with Gasteiger partial charge in [0.15, 0.2) is 5.78 Å². The summed E-state index contributed by atoms with van der Waals surface area (Å²) in [6, 6.07) is 11.8. The third-order valence-electron chi connectivity index (χ3n) is 2.95. The van der Waals surface area contributed by atoms with E-state index < -0.39 is 0 Å². The second-order valence-corrected chi connectivity index (χ2v) is 5.80. The van der Waals surface area contributed by atoms with Gasteiger partial charge in [0.1, 0.15) is 5.69 Å². The first kappa shape index (κ1) is 15.4. The number of rotatable bonds is 7. The number of H-pyrrole nitrogens is 1. The molecular formula is C16H18N2O2S. The average molecular weight is 302 g/mol. The first-order chi connectivity index (χ1) is 10.2. The van der Waals surface area contributed by atoms with Gasteiger partial charge in [-0.2, -0.15) is 0 Å². The average Bonchev–Trinajstić information content (AvgIpc) is 2.98. The zero-order valence-electron chi connectivity index (χ0n) is 11.9. The van der Waals surface area contributed by atoms with Gasteiger partial charge >= 0.3 is 0 Å². The van der Waals surface area contributed by atoms with E-state index in [2.05, 4.69) is 22.4 Å². The van der Waals surface area contributed by atoms with Gasteiger partial charge in [-0.15, -0.1) is 11.8 Å². The number of thioether (sulfide) groups is 1. The molecule has 1 amide bonds. The molecule has 0 fully saturated rings. The topological polar surface area (TPSA) is 62.0 Å². The van der Waals surface area contributed by atoms with Crippen molar-refractivity contribution in [1.82, 2.24) is 10.3 Å². The van der Waals surface area contributed by atoms with Crippen molar-refractivity contribution >= 4 is 23.5 Å². The van der Waals surface area contributed by atoms with Crippen molar-refractivity contribution in [3.05, 3.63) is 53.9 Å². The standard InChI is InChI=1S/C16H18N2O2S/c1-12(19)13-10-15(18-11-13)16(20)17-8-5-9-21-14-6-3-2-4-7-14/h2-4,6-7,10-11,18H,5,8-9H2,1H3,(H,17,20). The number of aromatic amines is 1. The molecule has 0 spiro atoms. The second-order valence-electron chi connectivity index (χ2n) is 4.63. The monoisotopic (exact) mass is 302 g/mol. The predicted octanol–water partition coefficient (Wildman–Crippen LogP) is 3.13. The molecule has 0 saturated heterocycles. The van der Waals surface area contributed by atoms with Crippen LogP contribution >= 0.6 is 11.8 Å². The molecule has 4 nitrogen and oxygen atoms in total. The highest BCUT2D eigenvalue weighted by Gasteiger charge is 2.09. The molecule has 1 aromatic heterocycles. The Morgan fingerprint density at radius 3 is 2.67 bits per heavy atom. The quantitative estimate of drug-likeness (QED) is 0.469. The van der Waals surface area contributed by atoms with Crippen LogP contribution in [0.3, 0.4) is 0 Å². The van der Waals surface area contributed by atoms with Gasteiger partial charge in [0.05, 0.1) is 0 Å². The highest BCUT2D eigenvalue weighted by Crippen LogP contribution is 2.17. The number of ketones is 1. The molecule has 0 bridgehead atoms. The number of Topliss-reactive ketones (excluding diaryl/α,β-unsaturated/α-hetero) is 1. The van der Waals surface area contributed by atoms with Crippen LogP contribution in [-0.4, -0.2) is 29.0 Å². The van der Waals surface area contributed by atoms with Crippen molar-refractivity contribution in [3.8, 4) is 0 Å². The van der Waals surface area contributed by atoms with E-state index >= 15 is 0 Å². The van der Waals surface area contributed by atoms with E-state index in [-0.39, 0.29) is 11.7 Å². The van der Waals surface area contributed by atoms with Crippen LogP contribution in [0, 0.1) is 0 Å². The fraction of sp³-hybridized carbons (Fsp3) is 0.250. The first-order valence-electron chi connectivity index (χ1n) is 6.82. The van der Waals surface area contributed by atoms with Crippen LogP contribution in [0.5, 0.6) is 0 Å². The number of hydrogen-bond acceptors (Lipinski definition) is 3. The minimum Gasteiger partial charge on any atom is -0.356 e. The number of aromatic nitrogens is 1. The first-order valence-corrected chi connectivity index (χ1v) is 7.81. The van der Waals surface area contributed by atoms with E-state index in [1.165, 1.54) is 11.8 Å². The number of amides is 1. The van der Waals surface area contributed by atoms with Crippen molar-refractivity contribution in [2.24, 2.45) is 0 Å². The Balaban J connectivity index is 1.68. The Bertz CT molecular complexity index is 608. The zero-order chi connectivity index (χ0) is 15.1. The van der Waals surface area contributed by atoms with Crippen LogP contribution in [0.15, 0.2) is 47.5 Å². The SMILES string of the molecule is CC(=O)c1c[nH]c(C(=O)NCCCSc2ccccc2)c1. The summed E-state index contributed by atoms with van der Waals surface area (Å²) in [5.74, 6) is 0.727. The molecule has 0 radical (unpaired) electrons. The van der Waals surface area contributed by atoms with Gasteiger partial charge in [-0.05, 0) is 37.3 Å². The van der Waals surface area contributed by atoms with Crippen LogP contribution in [0.2, 0.25) is 0 Å². The minimum atomic E-state index is -0.174. The highest BCUT2D eigenvalue weighted by molar-refractivity contribution is 7.99. The van der Waals surface area contributed by atoms with Crippen molar-refractivity contribution in [2.75, 3.05) is 12.3 Å². The molecule has 0 unspecified atom stereocenters. The van der Waals surface area contributed by atoms with Gasteiger partial charge in [0.2, 0.25) is 0 Å². The van der Waals surface area contributed by atoms with Crippen molar-refractivity contribution in [3.63, 3.8) is 0 Å². The fourth-order valence-corrected chi connectivity index (χ4v) is 2.68. The maximum absolute atomic E-state index is 11.9. The van der Waals surface area contributed by atoms with Crippen molar-refractivity contribution in [1.29, 1.82) is 0 Å². The summed E-state index contributed by atoms with van der Waals surface area (Å²) in [6.45, 7) is 2.10. The highest BCUT2D eigenvalue weighted by atomic mass is 32.2. The van der Waals surface area contributed by atoms with Crippen LogP contribution in [0.4, 0.5) is 0 Å². The molecule has 0 aliphatic rings. The van der Waals surface area contributed by atoms with Crippen LogP contribution in [-0.2, 0) is 0 Å². The molecular weight excluding hydrogens is 284 g/mol. The summed E-state index contributed by atoms with van der Waals surface area (Å²) in [5.41, 5.74) is 0.954. The summed E-state index contributed by atoms with van der Waals surface area (Å²) in [7, 11) is 0. The van der Waals surface area contributed by atoms with Gasteiger partial charge in [-0.1, -0.05) is 18.2 Å². The Morgan fingerprint density at radius 2 is 2.00 bits per heavy atom. The third kappa shape index (κ3) is 4.79. The fourth-order valence-electron chi connectivity index (χ4n) is 1.80. The van der Waals surface area contributed by atoms with E-state index in [0.29, 0.717) is 17.8 Å². The molecule has 0 aliphatic heterocycles. The predicted molar refractivity (Wildman–Crippen MR) is 84.9 cm³/mol. The van der Waals surface area contributed by atoms with E-state index in [9.17, 15) is 9.59 Å². The van der Waals surface area contributed by atoms with Crippen LogP contribution in [0.25, 0.3) is 0 Å². The molecule has 0 aliphatic carbocycles. The Kier molecular flexibility index (Phi) is 5.63. The van der Waals surface area contributed by atoms with E-state index in [1.807, 2.05) is 18.2 Å². The Morgan fingerprint density at radius 1 is 1.24 bits per heavy atom. The summed E-state index contributed by atoms with van der Waals surface area (Å²) in [5, 5.41) is 2.84. The summed E-state index contributed by atoms with van der Waals surface area (Å²) in [4.78, 5) is 27.1. The van der Waals surface area contributed by atoms with E-state index in [0.717, 1.165) is 12.2 Å². The lowest BCUT2D eigenvalue weighted by atomic mass is 10.2. The van der Waals surface area contributed by atoms with Gasteiger partial charge in [-0.25, -0.2) is 0 Å². The lowest BCUT2D eigenvalue weighted by Crippen LogP contribution is -2.25. The number of carbonyl (C=O) groups excluding carboxylic acids is 2. The molecule has 2 rings (SSSR count). The number of carbonyl (C=O) groups is 2. The minimum absolute atomic E-state index is 0.0513. The smallest absolute Gasteiger partial charge is 0.267 e. The number of nitrogens with one attached hydrogen (secondary N) is 2. The van der Waals surface area contributed by atoms with Crippen LogP contribution in [0.1, 0.15) is 34.2 Å². The molecule has 2 N–H and O–H groups in total. The Labute approximate surface area is 128 Å². The summed E-state index contributed by atoms with van der Waals surface area (Å²) in [6.07, 6.45) is 2.45. The molecule has 21 heavy (non-hydrogen) atoms. The van der Waals surface area contributed by atoms with E-state index in [4.69, 9.17) is 0 Å². The third-order valence-corrected chi connectivity index (χ3v) is 4.05. The number of benzene rings is 1. The second kappa shape index (κ2) is 7.69. The van der Waals surface area contributed by atoms with Crippen LogP contribution < -0.4 is 5.32 Å². The largest absolute Gasteiger partial charge is 0.356 e. The van der Waals surface area contributed by atoms with E-state index in [1.54, 1.807) is 24.0 Å². The summed E-state index contributed by atoms with van der Waals surface area (Å²) >= 11 is 1.77. The van der Waals surface area contributed by atoms with Crippen molar-refractivity contribution in [2.45, 2.75) is 18.2 Å². The number of hydrogen-bond donors (Lipinski definition) is 2. The maximum Gasteiger partial charge on any atom is 0.267 e. The molecule has 2 aromatic rings. The van der Waals surface area contributed by atoms with Gasteiger partial charge in [0.25, 0.3) is 5.91 Å². The molecule has 5 heteroatoms. The molecule has 0 atom stereocenters. The Hall–Kier alpha value is -2.01. The van der Waals surface area contributed by atoms with Gasteiger partial charge in [-0.3, -0.25) is 9.59 Å². The lowest BCUT2D eigenvalue weighted by Gasteiger charge is -2.04. The maximum atomic E-state index is 11.9. The molecule has 1 aromatic carbocycles. The lowest BCUT2D eigenvalue weighted by molar-refractivity contribution is 0.0949. The molecule has 1 heterocycles. The zero-order valence-corrected chi connectivity index (χ0v) is 12.7.